The molecule has 0 fully saturated rings. The quantitative estimate of drug-likeness (QED) is 0.870. The Morgan fingerprint density at radius 1 is 1.29 bits per heavy atom. The molecule has 0 aliphatic carbocycles. The zero-order valence-corrected chi connectivity index (χ0v) is 11.9. The third-order valence-electron chi connectivity index (χ3n) is 2.32. The van der Waals surface area contributed by atoms with Crippen molar-refractivity contribution in [2.45, 2.75) is 32.5 Å². The normalized spacial score (nSPS) is 11.9. The molecule has 0 saturated heterocycles. The molecule has 0 spiro atoms. The minimum atomic E-state index is -4.67. The molecule has 1 rings (SSSR count). The topological polar surface area (TPSA) is 55.4 Å². The number of halogens is 3. The van der Waals surface area contributed by atoms with Gasteiger partial charge in [-0.05, 0) is 39.0 Å². The highest BCUT2D eigenvalue weighted by Crippen LogP contribution is 2.36. The third-order valence-corrected chi connectivity index (χ3v) is 2.32. The van der Waals surface area contributed by atoms with Crippen molar-refractivity contribution in [3.05, 3.63) is 29.3 Å². The van der Waals surface area contributed by atoms with Gasteiger partial charge in [-0.2, -0.15) is 13.2 Å². The highest BCUT2D eigenvalue weighted by Gasteiger charge is 2.35. The van der Waals surface area contributed by atoms with Crippen LogP contribution in [-0.4, -0.2) is 24.3 Å². The number of carbonyl (C=O) groups excluding carboxylic acids is 2. The van der Waals surface area contributed by atoms with Gasteiger partial charge in [0.1, 0.15) is 12.0 Å². The van der Waals surface area contributed by atoms with Crippen molar-refractivity contribution in [3.63, 3.8) is 0 Å². The predicted octanol–water partition coefficient (Wildman–Crippen LogP) is 2.81. The number of aldehydes is 1. The van der Waals surface area contributed by atoms with E-state index in [0.29, 0.717) is 12.4 Å². The summed E-state index contributed by atoms with van der Waals surface area (Å²) in [6, 6.07) is 2.90. The van der Waals surface area contributed by atoms with Crippen LogP contribution in [0.3, 0.4) is 0 Å². The Morgan fingerprint density at radius 3 is 2.38 bits per heavy atom. The fourth-order valence-corrected chi connectivity index (χ4v) is 1.57. The molecule has 0 heterocycles. The number of hydrogen-bond donors (Lipinski definition) is 1. The number of benzene rings is 1. The van der Waals surface area contributed by atoms with E-state index in [9.17, 15) is 22.8 Å². The minimum Gasteiger partial charge on any atom is -0.483 e. The van der Waals surface area contributed by atoms with E-state index in [1.54, 1.807) is 20.8 Å². The van der Waals surface area contributed by atoms with Gasteiger partial charge < -0.3 is 10.1 Å². The monoisotopic (exact) mass is 303 g/mol. The van der Waals surface area contributed by atoms with Crippen molar-refractivity contribution in [1.29, 1.82) is 0 Å². The number of carbonyl (C=O) groups is 2. The molecular formula is C14H16F3NO3. The van der Waals surface area contributed by atoms with Crippen LogP contribution in [0.15, 0.2) is 18.2 Å². The summed E-state index contributed by atoms with van der Waals surface area (Å²) in [7, 11) is 0. The molecular weight excluding hydrogens is 287 g/mol. The lowest BCUT2D eigenvalue weighted by Gasteiger charge is -2.21. The van der Waals surface area contributed by atoms with E-state index in [-0.39, 0.29) is 5.56 Å². The maximum absolute atomic E-state index is 12.9. The fourth-order valence-electron chi connectivity index (χ4n) is 1.57. The van der Waals surface area contributed by atoms with Crippen LogP contribution in [0, 0.1) is 0 Å². The number of nitrogens with one attached hydrogen (secondary N) is 1. The smallest absolute Gasteiger partial charge is 0.419 e. The second-order valence-electron chi connectivity index (χ2n) is 5.46. The summed E-state index contributed by atoms with van der Waals surface area (Å²) >= 11 is 0. The summed E-state index contributed by atoms with van der Waals surface area (Å²) in [4.78, 5) is 22.1. The van der Waals surface area contributed by atoms with Gasteiger partial charge in [-0.3, -0.25) is 9.59 Å². The first-order valence-corrected chi connectivity index (χ1v) is 6.13. The van der Waals surface area contributed by atoms with E-state index in [2.05, 4.69) is 5.32 Å². The SMILES string of the molecule is CC(C)(C)NC(=O)COc1ccc(C=O)cc1C(F)(F)F. The molecule has 0 radical (unpaired) electrons. The van der Waals surface area contributed by atoms with Gasteiger partial charge in [0.05, 0.1) is 5.56 Å². The Hall–Kier alpha value is -2.05. The number of ether oxygens (including phenoxy) is 1. The zero-order chi connectivity index (χ0) is 16.3. The van der Waals surface area contributed by atoms with Crippen LogP contribution in [0.25, 0.3) is 0 Å². The second kappa shape index (κ2) is 6.15. The summed E-state index contributed by atoms with van der Waals surface area (Å²) in [6.45, 7) is 4.68. The largest absolute Gasteiger partial charge is 0.483 e. The number of hydrogen-bond acceptors (Lipinski definition) is 3. The molecule has 1 aromatic rings. The molecule has 0 bridgehead atoms. The second-order valence-corrected chi connectivity index (χ2v) is 5.46. The van der Waals surface area contributed by atoms with E-state index >= 15 is 0 Å². The van der Waals surface area contributed by atoms with Crippen LogP contribution >= 0.6 is 0 Å². The summed E-state index contributed by atoms with van der Waals surface area (Å²) in [5.41, 5.74) is -1.71. The van der Waals surface area contributed by atoms with Crippen molar-refractivity contribution in [2.24, 2.45) is 0 Å². The van der Waals surface area contributed by atoms with E-state index in [1.165, 1.54) is 6.07 Å². The zero-order valence-electron chi connectivity index (χ0n) is 11.9. The van der Waals surface area contributed by atoms with Crippen LogP contribution in [0.2, 0.25) is 0 Å². The Labute approximate surface area is 120 Å². The lowest BCUT2D eigenvalue weighted by Crippen LogP contribution is -2.43. The van der Waals surface area contributed by atoms with Crippen LogP contribution in [0.1, 0.15) is 36.7 Å². The molecule has 1 amide bonds. The van der Waals surface area contributed by atoms with Crippen LogP contribution in [0.5, 0.6) is 5.75 Å². The Balaban J connectivity index is 2.89. The molecule has 0 aliphatic heterocycles. The number of alkyl halides is 3. The predicted molar refractivity (Wildman–Crippen MR) is 70.2 cm³/mol. The summed E-state index contributed by atoms with van der Waals surface area (Å²) in [5.74, 6) is -1.02. The fraction of sp³-hybridized carbons (Fsp3) is 0.429. The average molecular weight is 303 g/mol. The van der Waals surface area contributed by atoms with Gasteiger partial charge in [0.15, 0.2) is 6.61 Å². The molecule has 116 valence electrons. The number of rotatable bonds is 4. The highest BCUT2D eigenvalue weighted by molar-refractivity contribution is 5.78. The maximum atomic E-state index is 12.9. The Kier molecular flexibility index (Phi) is 4.98. The van der Waals surface area contributed by atoms with Crippen molar-refractivity contribution < 1.29 is 27.5 Å². The maximum Gasteiger partial charge on any atom is 0.419 e. The molecule has 1 aromatic carbocycles. The molecule has 4 nitrogen and oxygen atoms in total. The van der Waals surface area contributed by atoms with Gasteiger partial charge in [0.25, 0.3) is 5.91 Å². The third kappa shape index (κ3) is 5.45. The van der Waals surface area contributed by atoms with Crippen LogP contribution in [-0.2, 0) is 11.0 Å². The number of amides is 1. The minimum absolute atomic E-state index is 0.117. The first-order valence-electron chi connectivity index (χ1n) is 6.13. The van der Waals surface area contributed by atoms with Crippen molar-refractivity contribution in [3.8, 4) is 5.75 Å². The van der Waals surface area contributed by atoms with Gasteiger partial charge in [0.2, 0.25) is 0 Å². The summed E-state index contributed by atoms with van der Waals surface area (Å²) < 4.78 is 43.5. The van der Waals surface area contributed by atoms with E-state index in [4.69, 9.17) is 4.74 Å². The summed E-state index contributed by atoms with van der Waals surface area (Å²) in [6.07, 6.45) is -4.36. The first kappa shape index (κ1) is 17.0. The molecule has 21 heavy (non-hydrogen) atoms. The van der Waals surface area contributed by atoms with Gasteiger partial charge in [-0.15, -0.1) is 0 Å². The van der Waals surface area contributed by atoms with Crippen molar-refractivity contribution in [2.75, 3.05) is 6.61 Å². The molecule has 0 aromatic heterocycles. The van der Waals surface area contributed by atoms with E-state index < -0.39 is 35.5 Å². The van der Waals surface area contributed by atoms with Gasteiger partial charge in [0, 0.05) is 11.1 Å². The standard InChI is InChI=1S/C14H16F3NO3/c1-13(2,3)18-12(20)8-21-11-5-4-9(7-19)6-10(11)14(15,16)17/h4-7H,8H2,1-3H3,(H,18,20). The molecule has 0 atom stereocenters. The molecule has 7 heteroatoms. The lowest BCUT2D eigenvalue weighted by atomic mass is 10.1. The average Bonchev–Trinajstić information content (AvgIpc) is 2.33. The Morgan fingerprint density at radius 2 is 1.90 bits per heavy atom. The van der Waals surface area contributed by atoms with Crippen LogP contribution in [0.4, 0.5) is 13.2 Å². The van der Waals surface area contributed by atoms with E-state index in [0.717, 1.165) is 6.07 Å². The molecule has 0 saturated carbocycles. The van der Waals surface area contributed by atoms with Crippen LogP contribution < -0.4 is 10.1 Å². The van der Waals surface area contributed by atoms with Crippen molar-refractivity contribution >= 4 is 12.2 Å². The molecule has 0 unspecified atom stereocenters. The van der Waals surface area contributed by atoms with Gasteiger partial charge in [-0.25, -0.2) is 0 Å². The van der Waals surface area contributed by atoms with Gasteiger partial charge >= 0.3 is 6.18 Å². The first-order chi connectivity index (χ1) is 9.53. The van der Waals surface area contributed by atoms with Crippen molar-refractivity contribution in [1.82, 2.24) is 5.32 Å². The van der Waals surface area contributed by atoms with E-state index in [1.807, 2.05) is 0 Å². The summed E-state index contributed by atoms with van der Waals surface area (Å²) in [5, 5.41) is 2.57. The molecule has 0 aliphatic rings. The lowest BCUT2D eigenvalue weighted by molar-refractivity contribution is -0.139. The van der Waals surface area contributed by atoms with Gasteiger partial charge in [-0.1, -0.05) is 0 Å². The molecule has 1 N–H and O–H groups in total. The highest BCUT2D eigenvalue weighted by atomic mass is 19.4. The Bertz CT molecular complexity index is 533.